The highest BCUT2D eigenvalue weighted by atomic mass is 35.5. The van der Waals surface area contributed by atoms with Crippen molar-refractivity contribution in [2.45, 2.75) is 49.5 Å². The number of carbonyl (C=O) groups excluding carboxylic acids is 2. The van der Waals surface area contributed by atoms with Gasteiger partial charge in [-0.15, -0.1) is 0 Å². The molecule has 13 heteroatoms. The Kier molecular flexibility index (Phi) is 9.01. The van der Waals surface area contributed by atoms with Gasteiger partial charge in [-0.1, -0.05) is 37.6 Å². The zero-order valence-electron chi connectivity index (χ0n) is 27.9. The van der Waals surface area contributed by atoms with Gasteiger partial charge in [0, 0.05) is 47.8 Å². The van der Waals surface area contributed by atoms with Crippen molar-refractivity contribution in [2.24, 2.45) is 5.41 Å². The molecule has 0 bridgehead atoms. The first kappa shape index (κ1) is 34.2. The third kappa shape index (κ3) is 5.53. The number of carbonyl (C=O) groups is 2. The molecule has 2 amide bonds. The van der Waals surface area contributed by atoms with Gasteiger partial charge in [-0.2, -0.15) is 0 Å². The number of anilines is 1. The highest BCUT2D eigenvalue weighted by molar-refractivity contribution is 7.93. The second-order valence-corrected chi connectivity index (χ2v) is 15.5. The average Bonchev–Trinajstić information content (AvgIpc) is 3.65. The van der Waals surface area contributed by atoms with Crippen molar-refractivity contribution < 1.29 is 37.0 Å². The fourth-order valence-electron chi connectivity index (χ4n) is 6.89. The Balaban J connectivity index is 1.59. The Morgan fingerprint density at radius 3 is 2.27 bits per heavy atom. The zero-order valence-corrected chi connectivity index (χ0v) is 29.4. The van der Waals surface area contributed by atoms with Gasteiger partial charge < -0.3 is 23.8 Å². The van der Waals surface area contributed by atoms with Crippen molar-refractivity contribution in [3.05, 3.63) is 82.4 Å². The second-order valence-electron chi connectivity index (χ2n) is 13.3. The van der Waals surface area contributed by atoms with Crippen molar-refractivity contribution in [1.82, 2.24) is 9.80 Å². The fraction of sp³-hybridized carbons (Fsp3) is 0.429. The molecule has 0 spiro atoms. The van der Waals surface area contributed by atoms with Crippen LogP contribution in [0.1, 0.15) is 49.7 Å². The minimum atomic E-state index is -4.48. The van der Waals surface area contributed by atoms with Gasteiger partial charge in [0.15, 0.2) is 11.8 Å². The lowest BCUT2D eigenvalue weighted by atomic mass is 9.80. The van der Waals surface area contributed by atoms with Crippen LogP contribution in [0.4, 0.5) is 5.69 Å². The van der Waals surface area contributed by atoms with Crippen LogP contribution >= 0.6 is 11.6 Å². The molecular weight excluding hydrogens is 658 g/mol. The molecule has 3 heterocycles. The van der Waals surface area contributed by atoms with E-state index in [0.29, 0.717) is 65.8 Å². The minimum absolute atomic E-state index is 0.104. The van der Waals surface area contributed by atoms with Crippen molar-refractivity contribution in [3.8, 4) is 11.5 Å². The summed E-state index contributed by atoms with van der Waals surface area (Å²) in [5, 5.41) is 0.298. The molecule has 3 aromatic rings. The van der Waals surface area contributed by atoms with Crippen LogP contribution in [0.15, 0.2) is 65.6 Å². The van der Waals surface area contributed by atoms with Crippen molar-refractivity contribution >= 4 is 39.1 Å². The number of ether oxygens (including phenoxy) is 4. The van der Waals surface area contributed by atoms with Gasteiger partial charge in [-0.3, -0.25) is 14.5 Å². The number of benzene rings is 3. The first-order chi connectivity index (χ1) is 22.8. The third-order valence-electron chi connectivity index (χ3n) is 9.21. The van der Waals surface area contributed by atoms with Crippen LogP contribution in [0.25, 0.3) is 0 Å². The number of hydrogen-bond acceptors (Lipinski definition) is 9. The van der Waals surface area contributed by atoms with E-state index >= 15 is 4.79 Å². The van der Waals surface area contributed by atoms with Gasteiger partial charge in [0.25, 0.3) is 15.9 Å². The number of rotatable bonds is 8. The molecule has 0 aliphatic carbocycles. The summed E-state index contributed by atoms with van der Waals surface area (Å²) in [4.78, 5) is 32.3. The summed E-state index contributed by atoms with van der Waals surface area (Å²) in [5.41, 5.74) is -0.463. The average molecular weight is 698 g/mol. The first-order valence-corrected chi connectivity index (χ1v) is 17.5. The molecule has 6 rings (SSSR count). The van der Waals surface area contributed by atoms with Gasteiger partial charge in [0.2, 0.25) is 5.91 Å². The van der Waals surface area contributed by atoms with Crippen LogP contribution in [-0.2, 0) is 34.6 Å². The number of sulfonamides is 1. The molecule has 2 saturated heterocycles. The largest absolute Gasteiger partial charge is 0.497 e. The van der Waals surface area contributed by atoms with E-state index in [4.69, 9.17) is 30.5 Å². The number of hydrogen-bond donors (Lipinski definition) is 0. The normalized spacial score (nSPS) is 22.9. The maximum atomic E-state index is 15.4. The Bertz CT molecular complexity index is 1840. The van der Waals surface area contributed by atoms with Crippen LogP contribution < -0.4 is 13.8 Å². The van der Waals surface area contributed by atoms with E-state index in [0.717, 1.165) is 4.31 Å². The molecule has 3 aliphatic rings. The van der Waals surface area contributed by atoms with Gasteiger partial charge in [0.05, 0.1) is 44.1 Å². The van der Waals surface area contributed by atoms with E-state index in [1.54, 1.807) is 44.4 Å². The minimum Gasteiger partial charge on any atom is -0.497 e. The van der Waals surface area contributed by atoms with Crippen molar-refractivity contribution in [2.75, 3.05) is 52.4 Å². The summed E-state index contributed by atoms with van der Waals surface area (Å²) in [7, 11) is 1.81. The topological polar surface area (TPSA) is 115 Å². The molecule has 1 unspecified atom stereocenters. The number of fused-ring (bicyclic) bond motifs is 1. The summed E-state index contributed by atoms with van der Waals surface area (Å²) in [6, 6.07) is 15.1. The lowest BCUT2D eigenvalue weighted by Gasteiger charge is -2.42. The van der Waals surface area contributed by atoms with E-state index in [9.17, 15) is 13.2 Å². The van der Waals surface area contributed by atoms with Crippen LogP contribution in [0.2, 0.25) is 5.02 Å². The van der Waals surface area contributed by atoms with Crippen LogP contribution in [0.3, 0.4) is 0 Å². The Morgan fingerprint density at radius 1 is 0.958 bits per heavy atom. The van der Waals surface area contributed by atoms with Crippen molar-refractivity contribution in [3.63, 3.8) is 0 Å². The number of methoxy groups -OCH3 is 2. The van der Waals surface area contributed by atoms with E-state index in [-0.39, 0.29) is 21.9 Å². The Labute approximate surface area is 286 Å². The summed E-state index contributed by atoms with van der Waals surface area (Å²) in [6.45, 7) is 5.40. The SMILES string of the molecule is COc1ccc(S(=O)(=O)N2C(=O)[C@](c3ccc(C4OCC(C)(C)CO4)cc3OC)(N3CCCC3C(=O)N(C)C)c3cc(Cl)ccc32)cc1. The molecule has 0 aromatic heterocycles. The van der Waals surface area contributed by atoms with Crippen molar-refractivity contribution in [1.29, 1.82) is 0 Å². The molecular formula is C35H40ClN3O8S. The first-order valence-electron chi connectivity index (χ1n) is 15.7. The number of likely N-dealkylation sites (N-methyl/N-ethyl adjacent to an activating group) is 1. The Morgan fingerprint density at radius 2 is 1.65 bits per heavy atom. The monoisotopic (exact) mass is 697 g/mol. The highest BCUT2D eigenvalue weighted by Crippen LogP contribution is 2.55. The van der Waals surface area contributed by atoms with Crippen LogP contribution in [-0.4, -0.2) is 84.1 Å². The fourth-order valence-corrected chi connectivity index (χ4v) is 8.52. The number of nitrogens with zero attached hydrogens (tertiary/aromatic N) is 3. The van der Waals surface area contributed by atoms with Gasteiger partial charge in [0.1, 0.15) is 11.5 Å². The van der Waals surface area contributed by atoms with E-state index in [2.05, 4.69) is 13.8 Å². The molecule has 0 saturated carbocycles. The lowest BCUT2D eigenvalue weighted by Crippen LogP contribution is -2.59. The van der Waals surface area contributed by atoms with Gasteiger partial charge in [-0.25, -0.2) is 12.7 Å². The lowest BCUT2D eigenvalue weighted by molar-refractivity contribution is -0.226. The summed E-state index contributed by atoms with van der Waals surface area (Å²) < 4.78 is 53.1. The Hall–Kier alpha value is -3.68. The number of likely N-dealkylation sites (tertiary alicyclic amines) is 1. The second kappa shape index (κ2) is 12.6. The standard InChI is InChI=1S/C35H40ClN3O8S/c1-34(2)20-46-32(47-21-34)22-9-15-26(30(18-22)45-6)35(38-17-7-8-29(38)31(40)37(3)4)27-19-23(36)10-16-28(27)39(33(35)41)48(42,43)25-13-11-24(44-5)12-14-25/h9-16,18-19,29,32H,7-8,17,20-21H2,1-6H3/t29?,35-/m1/s1. The summed E-state index contributed by atoms with van der Waals surface area (Å²) in [6.07, 6.45) is 0.396. The maximum absolute atomic E-state index is 15.4. The molecule has 256 valence electrons. The van der Waals surface area contributed by atoms with Crippen LogP contribution in [0, 0.1) is 5.41 Å². The molecule has 48 heavy (non-hydrogen) atoms. The molecule has 0 radical (unpaired) electrons. The van der Waals surface area contributed by atoms with E-state index in [1.807, 2.05) is 4.90 Å². The smallest absolute Gasteiger partial charge is 0.271 e. The quantitative estimate of drug-likeness (QED) is 0.322. The molecule has 0 N–H and O–H groups in total. The molecule has 3 aliphatic heterocycles. The molecule has 2 fully saturated rings. The van der Waals surface area contributed by atoms with Gasteiger partial charge in [-0.05, 0) is 61.4 Å². The maximum Gasteiger partial charge on any atom is 0.271 e. The summed E-state index contributed by atoms with van der Waals surface area (Å²) >= 11 is 6.63. The molecule has 2 atom stereocenters. The summed E-state index contributed by atoms with van der Waals surface area (Å²) in [5.74, 6) is -0.214. The van der Waals surface area contributed by atoms with Gasteiger partial charge >= 0.3 is 0 Å². The predicted molar refractivity (Wildman–Crippen MR) is 180 cm³/mol. The highest BCUT2D eigenvalue weighted by Gasteiger charge is 2.63. The zero-order chi connectivity index (χ0) is 34.6. The molecule has 3 aromatic carbocycles. The number of halogens is 1. The third-order valence-corrected chi connectivity index (χ3v) is 11.2. The van der Waals surface area contributed by atoms with E-state index < -0.39 is 33.8 Å². The molecule has 11 nitrogen and oxygen atoms in total. The predicted octanol–water partition coefficient (Wildman–Crippen LogP) is 4.96. The number of amides is 2. The van der Waals surface area contributed by atoms with Crippen LogP contribution in [0.5, 0.6) is 11.5 Å². The van der Waals surface area contributed by atoms with E-state index in [1.165, 1.54) is 49.5 Å².